The molecule has 0 spiro atoms. The van der Waals surface area contributed by atoms with Crippen molar-refractivity contribution in [3.63, 3.8) is 0 Å². The number of benzene rings is 2. The topological polar surface area (TPSA) is 119 Å². The Morgan fingerprint density at radius 1 is 1.06 bits per heavy atom. The van der Waals surface area contributed by atoms with Gasteiger partial charge in [-0.3, -0.25) is 5.32 Å². The summed E-state index contributed by atoms with van der Waals surface area (Å²) in [6.07, 6.45) is 0.800. The number of rotatable bonds is 7. The highest BCUT2D eigenvalue weighted by Crippen LogP contribution is 2.26. The molecule has 1 atom stereocenters. The van der Waals surface area contributed by atoms with Gasteiger partial charge < -0.3 is 14.4 Å². The molecule has 0 aliphatic rings. The van der Waals surface area contributed by atoms with Crippen molar-refractivity contribution in [3.05, 3.63) is 82.8 Å². The maximum atomic E-state index is 12.4. The SMILES string of the molecule is CC(C)(C)c1ccc(COC(=O)Nc2nc(Cl)c3ncn(C(Cc4ccccc4)C(=O)O)c3n2)cc1. The van der Waals surface area contributed by atoms with E-state index in [4.69, 9.17) is 16.3 Å². The van der Waals surface area contributed by atoms with Gasteiger partial charge in [0.1, 0.15) is 18.2 Å². The van der Waals surface area contributed by atoms with Gasteiger partial charge in [0.25, 0.3) is 0 Å². The summed E-state index contributed by atoms with van der Waals surface area (Å²) in [6, 6.07) is 16.1. The minimum atomic E-state index is -1.06. The number of ether oxygens (including phenoxy) is 1. The summed E-state index contributed by atoms with van der Waals surface area (Å²) in [5.74, 6) is -1.18. The highest BCUT2D eigenvalue weighted by molar-refractivity contribution is 6.33. The Morgan fingerprint density at radius 3 is 2.39 bits per heavy atom. The number of fused-ring (bicyclic) bond motifs is 1. The van der Waals surface area contributed by atoms with Gasteiger partial charge in [-0.1, -0.05) is 87.0 Å². The minimum absolute atomic E-state index is 0.0179. The monoisotopic (exact) mass is 507 g/mol. The molecule has 2 aromatic heterocycles. The van der Waals surface area contributed by atoms with E-state index >= 15 is 0 Å². The van der Waals surface area contributed by atoms with Crippen LogP contribution in [-0.4, -0.2) is 36.7 Å². The molecule has 2 N–H and O–H groups in total. The number of halogens is 1. The molecule has 1 unspecified atom stereocenters. The van der Waals surface area contributed by atoms with E-state index in [1.165, 1.54) is 16.5 Å². The fourth-order valence-corrected chi connectivity index (χ4v) is 3.90. The lowest BCUT2D eigenvalue weighted by molar-refractivity contribution is -0.140. The molecule has 36 heavy (non-hydrogen) atoms. The maximum Gasteiger partial charge on any atom is 0.414 e. The second-order valence-electron chi connectivity index (χ2n) is 9.35. The van der Waals surface area contributed by atoms with Crippen molar-refractivity contribution >= 4 is 40.8 Å². The molecule has 0 saturated carbocycles. The number of carbonyl (C=O) groups excluding carboxylic acids is 1. The quantitative estimate of drug-likeness (QED) is 0.321. The van der Waals surface area contributed by atoms with E-state index in [1.807, 2.05) is 54.6 Å². The number of nitrogens with one attached hydrogen (secondary N) is 1. The molecule has 0 fully saturated rings. The van der Waals surface area contributed by atoms with E-state index in [0.29, 0.717) is 0 Å². The number of aliphatic carboxylic acids is 1. The summed E-state index contributed by atoms with van der Waals surface area (Å²) in [5, 5.41) is 12.3. The largest absolute Gasteiger partial charge is 0.480 e. The van der Waals surface area contributed by atoms with Crippen LogP contribution < -0.4 is 5.32 Å². The van der Waals surface area contributed by atoms with Crippen LogP contribution in [0.4, 0.5) is 10.7 Å². The normalized spacial score (nSPS) is 12.3. The number of nitrogens with zero attached hydrogens (tertiary/aromatic N) is 4. The zero-order chi connectivity index (χ0) is 25.9. The summed E-state index contributed by atoms with van der Waals surface area (Å²) in [7, 11) is 0. The summed E-state index contributed by atoms with van der Waals surface area (Å²) in [6.45, 7) is 6.43. The summed E-state index contributed by atoms with van der Waals surface area (Å²) >= 11 is 6.26. The number of amides is 1. The molecular formula is C26H26ClN5O4. The van der Waals surface area contributed by atoms with Crippen LogP contribution in [0.2, 0.25) is 5.15 Å². The Labute approximate surface area is 213 Å². The van der Waals surface area contributed by atoms with Crippen LogP contribution in [0.3, 0.4) is 0 Å². The van der Waals surface area contributed by atoms with Crippen LogP contribution in [0.25, 0.3) is 11.2 Å². The molecule has 0 bridgehead atoms. The molecule has 4 rings (SSSR count). The third-order valence-corrected chi connectivity index (χ3v) is 5.94. The Kier molecular flexibility index (Phi) is 7.21. The first kappa shape index (κ1) is 25.1. The zero-order valence-corrected chi connectivity index (χ0v) is 20.9. The first-order valence-corrected chi connectivity index (χ1v) is 11.7. The highest BCUT2D eigenvalue weighted by Gasteiger charge is 2.25. The van der Waals surface area contributed by atoms with Gasteiger partial charge in [-0.05, 0) is 22.1 Å². The number of carbonyl (C=O) groups is 2. The van der Waals surface area contributed by atoms with Crippen molar-refractivity contribution in [1.82, 2.24) is 19.5 Å². The first-order valence-electron chi connectivity index (χ1n) is 11.3. The van der Waals surface area contributed by atoms with Gasteiger partial charge in [0.2, 0.25) is 5.95 Å². The van der Waals surface area contributed by atoms with Gasteiger partial charge in [0, 0.05) is 6.42 Å². The number of hydrogen-bond donors (Lipinski definition) is 2. The Hall–Kier alpha value is -3.98. The Balaban J connectivity index is 1.50. The minimum Gasteiger partial charge on any atom is -0.480 e. The highest BCUT2D eigenvalue weighted by atomic mass is 35.5. The average Bonchev–Trinajstić information content (AvgIpc) is 3.25. The third kappa shape index (κ3) is 5.80. The van der Waals surface area contributed by atoms with Gasteiger partial charge in [0.05, 0.1) is 6.33 Å². The lowest BCUT2D eigenvalue weighted by Crippen LogP contribution is -2.21. The van der Waals surface area contributed by atoms with Crippen molar-refractivity contribution in [3.8, 4) is 0 Å². The van der Waals surface area contributed by atoms with Crippen molar-refractivity contribution < 1.29 is 19.4 Å². The van der Waals surface area contributed by atoms with Gasteiger partial charge in [-0.2, -0.15) is 9.97 Å². The molecular weight excluding hydrogens is 482 g/mol. The van der Waals surface area contributed by atoms with E-state index in [9.17, 15) is 14.7 Å². The van der Waals surface area contributed by atoms with Crippen molar-refractivity contribution in [2.75, 3.05) is 5.32 Å². The van der Waals surface area contributed by atoms with E-state index in [1.54, 1.807) is 0 Å². The standard InChI is InChI=1S/C26H26ClN5O4/c1-26(2,3)18-11-9-17(10-12-18)14-36-25(35)31-24-29-21(27)20-22(30-24)32(15-28-20)19(23(33)34)13-16-7-5-4-6-8-16/h4-12,15,19H,13-14H2,1-3H3,(H,33,34)(H,29,30,31,35). The zero-order valence-electron chi connectivity index (χ0n) is 20.1. The fourth-order valence-electron chi connectivity index (χ4n) is 3.69. The van der Waals surface area contributed by atoms with E-state index in [0.717, 1.165) is 11.1 Å². The van der Waals surface area contributed by atoms with Crippen LogP contribution in [0, 0.1) is 0 Å². The molecule has 2 aromatic carbocycles. The molecule has 10 heteroatoms. The average molecular weight is 508 g/mol. The number of carboxylic acid groups (broad SMARTS) is 1. The molecule has 0 aliphatic heterocycles. The Bertz CT molecular complexity index is 1380. The molecule has 186 valence electrons. The number of anilines is 1. The molecule has 1 amide bonds. The van der Waals surface area contributed by atoms with Crippen LogP contribution in [0.5, 0.6) is 0 Å². The van der Waals surface area contributed by atoms with Crippen LogP contribution >= 0.6 is 11.6 Å². The van der Waals surface area contributed by atoms with Crippen molar-refractivity contribution in [2.45, 2.75) is 45.3 Å². The molecule has 0 radical (unpaired) electrons. The predicted molar refractivity (Wildman–Crippen MR) is 136 cm³/mol. The molecule has 4 aromatic rings. The summed E-state index contributed by atoms with van der Waals surface area (Å²) in [4.78, 5) is 37.0. The Morgan fingerprint density at radius 2 is 1.75 bits per heavy atom. The number of carboxylic acids is 1. The van der Waals surface area contributed by atoms with Gasteiger partial charge in [0.15, 0.2) is 10.8 Å². The third-order valence-electron chi connectivity index (χ3n) is 5.68. The van der Waals surface area contributed by atoms with Gasteiger partial charge in [-0.15, -0.1) is 0 Å². The van der Waals surface area contributed by atoms with Crippen molar-refractivity contribution in [2.24, 2.45) is 0 Å². The molecule has 0 saturated heterocycles. The van der Waals surface area contributed by atoms with E-state index < -0.39 is 18.1 Å². The lowest BCUT2D eigenvalue weighted by Gasteiger charge is -2.19. The number of imidazole rings is 1. The smallest absolute Gasteiger partial charge is 0.414 e. The fraction of sp³-hybridized carbons (Fsp3) is 0.269. The lowest BCUT2D eigenvalue weighted by atomic mass is 9.87. The van der Waals surface area contributed by atoms with Gasteiger partial charge in [-0.25, -0.2) is 14.6 Å². The molecule has 0 aliphatic carbocycles. The number of aromatic nitrogens is 4. The maximum absolute atomic E-state index is 12.4. The predicted octanol–water partition coefficient (Wildman–Crippen LogP) is 5.39. The van der Waals surface area contributed by atoms with Gasteiger partial charge >= 0.3 is 12.1 Å². The summed E-state index contributed by atoms with van der Waals surface area (Å²) in [5.41, 5.74) is 3.29. The molecule has 2 heterocycles. The van der Waals surface area contributed by atoms with Crippen LogP contribution in [0.15, 0.2) is 60.9 Å². The van der Waals surface area contributed by atoms with Crippen LogP contribution in [0.1, 0.15) is 43.5 Å². The van der Waals surface area contributed by atoms with E-state index in [-0.39, 0.29) is 40.7 Å². The van der Waals surface area contributed by atoms with E-state index in [2.05, 4.69) is 41.0 Å². The number of hydrogen-bond acceptors (Lipinski definition) is 6. The van der Waals surface area contributed by atoms with Crippen molar-refractivity contribution in [1.29, 1.82) is 0 Å². The molecule has 9 nitrogen and oxygen atoms in total. The second-order valence-corrected chi connectivity index (χ2v) is 9.71. The van der Waals surface area contributed by atoms with Crippen LogP contribution in [-0.2, 0) is 28.0 Å². The second kappa shape index (κ2) is 10.3. The first-order chi connectivity index (χ1) is 17.1. The summed E-state index contributed by atoms with van der Waals surface area (Å²) < 4.78 is 6.70.